The summed E-state index contributed by atoms with van der Waals surface area (Å²) < 4.78 is 11.2. The van der Waals surface area contributed by atoms with Gasteiger partial charge in [-0.1, -0.05) is 13.8 Å². The number of nitrogens with zero attached hydrogens (tertiary/aromatic N) is 3. The lowest BCUT2D eigenvalue weighted by molar-refractivity contribution is 0.243. The Kier molecular flexibility index (Phi) is 5.77. The molecule has 2 rings (SSSR count). The van der Waals surface area contributed by atoms with Gasteiger partial charge in [0.1, 0.15) is 12.1 Å². The fourth-order valence-electron chi connectivity index (χ4n) is 2.37. The number of nitrogen functional groups attached to an aromatic ring is 1. The van der Waals surface area contributed by atoms with Gasteiger partial charge >= 0.3 is 0 Å². The number of hydrogen-bond acceptors (Lipinski definition) is 6. The molecule has 2 aromatic rings. The van der Waals surface area contributed by atoms with Crippen LogP contribution in [-0.4, -0.2) is 48.2 Å². The molecule has 0 unspecified atom stereocenters. The first kappa shape index (κ1) is 16.3. The van der Waals surface area contributed by atoms with Crippen molar-refractivity contribution in [3.05, 3.63) is 18.5 Å². The van der Waals surface area contributed by atoms with Crippen LogP contribution < -0.4 is 15.2 Å². The van der Waals surface area contributed by atoms with Gasteiger partial charge in [-0.15, -0.1) is 0 Å². The maximum absolute atomic E-state index is 5.86. The molecule has 0 amide bonds. The van der Waals surface area contributed by atoms with Gasteiger partial charge in [0.25, 0.3) is 0 Å². The first-order valence-electron chi connectivity index (χ1n) is 7.63. The second-order valence-corrected chi connectivity index (χ2v) is 5.01. The number of methoxy groups -OCH3 is 1. The van der Waals surface area contributed by atoms with Crippen molar-refractivity contribution in [3.8, 4) is 11.5 Å². The summed E-state index contributed by atoms with van der Waals surface area (Å²) in [5.41, 5.74) is 6.62. The summed E-state index contributed by atoms with van der Waals surface area (Å²) in [7, 11) is 1.61. The Hall–Kier alpha value is -2.08. The molecule has 1 heterocycles. The minimum Gasteiger partial charge on any atom is -0.493 e. The van der Waals surface area contributed by atoms with Crippen molar-refractivity contribution in [2.75, 3.05) is 39.1 Å². The number of benzene rings is 1. The van der Waals surface area contributed by atoms with Crippen LogP contribution in [0.1, 0.15) is 20.3 Å². The van der Waals surface area contributed by atoms with Crippen molar-refractivity contribution < 1.29 is 9.47 Å². The van der Waals surface area contributed by atoms with E-state index in [9.17, 15) is 0 Å². The molecular weight excluding hydrogens is 280 g/mol. The molecule has 0 aliphatic rings. The Balaban J connectivity index is 2.07. The third kappa shape index (κ3) is 3.76. The Morgan fingerprint density at radius 1 is 1.14 bits per heavy atom. The average Bonchev–Trinajstić information content (AvgIpc) is 2.54. The SMILES string of the molecule is CCN(CC)CCCOc1cc2ncnc(N)c2cc1OC. The number of anilines is 1. The standard InChI is InChI=1S/C16H24N4O2/c1-4-20(5-2)7-6-8-22-15-10-13-12(9-14(15)21-3)16(17)19-11-18-13/h9-11H,4-8H2,1-3H3,(H2,17,18,19). The van der Waals surface area contributed by atoms with Crippen LogP contribution in [0.25, 0.3) is 10.9 Å². The van der Waals surface area contributed by atoms with E-state index >= 15 is 0 Å². The van der Waals surface area contributed by atoms with Crippen LogP contribution in [0.3, 0.4) is 0 Å². The van der Waals surface area contributed by atoms with E-state index < -0.39 is 0 Å². The highest BCUT2D eigenvalue weighted by Crippen LogP contribution is 2.33. The van der Waals surface area contributed by atoms with Gasteiger partial charge in [0.2, 0.25) is 0 Å². The predicted molar refractivity (Wildman–Crippen MR) is 88.4 cm³/mol. The second kappa shape index (κ2) is 7.79. The van der Waals surface area contributed by atoms with Crippen molar-refractivity contribution in [2.45, 2.75) is 20.3 Å². The normalized spacial score (nSPS) is 11.1. The molecule has 22 heavy (non-hydrogen) atoms. The first-order valence-corrected chi connectivity index (χ1v) is 7.63. The summed E-state index contributed by atoms with van der Waals surface area (Å²) in [6, 6.07) is 3.67. The first-order chi connectivity index (χ1) is 10.7. The highest BCUT2D eigenvalue weighted by atomic mass is 16.5. The summed E-state index contributed by atoms with van der Waals surface area (Å²) in [6.45, 7) is 8.12. The van der Waals surface area contributed by atoms with Gasteiger partial charge in [-0.3, -0.25) is 0 Å². The lowest BCUT2D eigenvalue weighted by atomic mass is 10.2. The molecule has 2 N–H and O–H groups in total. The molecule has 0 radical (unpaired) electrons. The molecule has 1 aromatic heterocycles. The summed E-state index contributed by atoms with van der Waals surface area (Å²) >= 11 is 0. The molecule has 0 saturated heterocycles. The van der Waals surface area contributed by atoms with Gasteiger partial charge in [0, 0.05) is 18.0 Å². The Morgan fingerprint density at radius 3 is 2.59 bits per heavy atom. The molecule has 1 aromatic carbocycles. The molecule has 0 saturated carbocycles. The van der Waals surface area contributed by atoms with E-state index in [-0.39, 0.29) is 0 Å². The van der Waals surface area contributed by atoms with Crippen LogP contribution in [0.5, 0.6) is 11.5 Å². The van der Waals surface area contributed by atoms with E-state index in [1.165, 1.54) is 6.33 Å². The Morgan fingerprint density at radius 2 is 1.91 bits per heavy atom. The monoisotopic (exact) mass is 304 g/mol. The molecule has 0 fully saturated rings. The number of fused-ring (bicyclic) bond motifs is 1. The highest BCUT2D eigenvalue weighted by molar-refractivity contribution is 5.90. The smallest absolute Gasteiger partial charge is 0.163 e. The topological polar surface area (TPSA) is 73.5 Å². The van der Waals surface area contributed by atoms with Crippen LogP contribution in [-0.2, 0) is 0 Å². The van der Waals surface area contributed by atoms with E-state index in [0.29, 0.717) is 23.9 Å². The van der Waals surface area contributed by atoms with Crippen LogP contribution in [0.15, 0.2) is 18.5 Å². The van der Waals surface area contributed by atoms with Crippen LogP contribution in [0, 0.1) is 0 Å². The molecule has 6 nitrogen and oxygen atoms in total. The zero-order valence-corrected chi connectivity index (χ0v) is 13.5. The van der Waals surface area contributed by atoms with E-state index in [1.807, 2.05) is 12.1 Å². The lowest BCUT2D eigenvalue weighted by Gasteiger charge is -2.18. The molecule has 0 aliphatic heterocycles. The number of ether oxygens (including phenoxy) is 2. The number of nitrogens with two attached hydrogens (primary N) is 1. The fourth-order valence-corrected chi connectivity index (χ4v) is 2.37. The molecule has 6 heteroatoms. The minimum absolute atomic E-state index is 0.441. The largest absolute Gasteiger partial charge is 0.493 e. The van der Waals surface area contributed by atoms with E-state index in [2.05, 4.69) is 28.7 Å². The molecule has 120 valence electrons. The van der Waals surface area contributed by atoms with Gasteiger partial charge in [0.05, 0.1) is 19.2 Å². The third-order valence-corrected chi connectivity index (χ3v) is 3.72. The molecule has 0 atom stereocenters. The molecular formula is C16H24N4O2. The highest BCUT2D eigenvalue weighted by Gasteiger charge is 2.10. The zero-order chi connectivity index (χ0) is 15.9. The Bertz CT molecular complexity index is 614. The van der Waals surface area contributed by atoms with Gasteiger partial charge in [-0.05, 0) is 25.6 Å². The van der Waals surface area contributed by atoms with E-state index in [0.717, 1.165) is 37.0 Å². The minimum atomic E-state index is 0.441. The zero-order valence-electron chi connectivity index (χ0n) is 13.5. The van der Waals surface area contributed by atoms with E-state index in [1.54, 1.807) is 7.11 Å². The quantitative estimate of drug-likeness (QED) is 0.755. The number of rotatable bonds is 8. The van der Waals surface area contributed by atoms with Crippen LogP contribution in [0.2, 0.25) is 0 Å². The average molecular weight is 304 g/mol. The summed E-state index contributed by atoms with van der Waals surface area (Å²) in [6.07, 6.45) is 2.42. The maximum Gasteiger partial charge on any atom is 0.163 e. The Labute approximate surface area is 131 Å². The third-order valence-electron chi connectivity index (χ3n) is 3.72. The summed E-state index contributed by atoms with van der Waals surface area (Å²) in [4.78, 5) is 10.6. The van der Waals surface area contributed by atoms with E-state index in [4.69, 9.17) is 15.2 Å². The lowest BCUT2D eigenvalue weighted by Crippen LogP contribution is -2.25. The number of aromatic nitrogens is 2. The van der Waals surface area contributed by atoms with Gasteiger partial charge < -0.3 is 20.1 Å². The van der Waals surface area contributed by atoms with Crippen molar-refractivity contribution in [3.63, 3.8) is 0 Å². The summed E-state index contributed by atoms with van der Waals surface area (Å²) in [5.74, 6) is 1.78. The predicted octanol–water partition coefficient (Wildman–Crippen LogP) is 2.33. The molecule has 0 bridgehead atoms. The van der Waals surface area contributed by atoms with Gasteiger partial charge in [-0.2, -0.15) is 0 Å². The van der Waals surface area contributed by atoms with Crippen molar-refractivity contribution >= 4 is 16.7 Å². The van der Waals surface area contributed by atoms with Crippen molar-refractivity contribution in [1.29, 1.82) is 0 Å². The van der Waals surface area contributed by atoms with Crippen LogP contribution >= 0.6 is 0 Å². The molecule has 0 spiro atoms. The maximum atomic E-state index is 5.86. The van der Waals surface area contributed by atoms with Gasteiger partial charge in [-0.25, -0.2) is 9.97 Å². The van der Waals surface area contributed by atoms with Crippen molar-refractivity contribution in [2.24, 2.45) is 0 Å². The fraction of sp³-hybridized carbons (Fsp3) is 0.500. The van der Waals surface area contributed by atoms with Crippen LogP contribution in [0.4, 0.5) is 5.82 Å². The second-order valence-electron chi connectivity index (χ2n) is 5.01. The number of hydrogen-bond donors (Lipinski definition) is 1. The summed E-state index contributed by atoms with van der Waals surface area (Å²) in [5, 5.41) is 0.773. The van der Waals surface area contributed by atoms with Crippen molar-refractivity contribution in [1.82, 2.24) is 14.9 Å². The van der Waals surface area contributed by atoms with Gasteiger partial charge in [0.15, 0.2) is 11.5 Å². The molecule has 0 aliphatic carbocycles.